The third-order valence-electron chi connectivity index (χ3n) is 2.95. The molecule has 0 aromatic carbocycles. The number of carbonyl (C=O) groups excluding carboxylic acids is 1. The van der Waals surface area contributed by atoms with Gasteiger partial charge in [-0.25, -0.2) is 4.79 Å². The van der Waals surface area contributed by atoms with Gasteiger partial charge in [0.1, 0.15) is 17.2 Å². The maximum absolute atomic E-state index is 11.5. The predicted molar refractivity (Wildman–Crippen MR) is 70.9 cm³/mol. The molecule has 6 nitrogen and oxygen atoms in total. The second kappa shape index (κ2) is 5.59. The molecule has 0 spiro atoms. The van der Waals surface area contributed by atoms with Crippen LogP contribution in [0.4, 0.5) is 4.79 Å². The van der Waals surface area contributed by atoms with Gasteiger partial charge in [0.25, 0.3) is 0 Å². The van der Waals surface area contributed by atoms with Crippen LogP contribution in [0.5, 0.6) is 0 Å². The molecule has 0 fully saturated rings. The number of amides is 1. The van der Waals surface area contributed by atoms with E-state index < -0.39 is 5.60 Å². The minimum atomic E-state index is -0.460. The molecule has 0 saturated heterocycles. The SMILES string of the molecule is CC(C)(C)OC(=O)NCCc1nnc2n1CCCC2. The van der Waals surface area contributed by atoms with Gasteiger partial charge in [0.2, 0.25) is 0 Å². The molecule has 19 heavy (non-hydrogen) atoms. The molecule has 106 valence electrons. The Kier molecular flexibility index (Phi) is 4.07. The smallest absolute Gasteiger partial charge is 0.407 e. The molecule has 1 aliphatic rings. The number of fused-ring (bicyclic) bond motifs is 1. The van der Waals surface area contributed by atoms with E-state index >= 15 is 0 Å². The molecule has 1 aromatic heterocycles. The number of nitrogens with one attached hydrogen (secondary N) is 1. The number of aryl methyl sites for hydroxylation is 1. The lowest BCUT2D eigenvalue weighted by molar-refractivity contribution is 0.0528. The predicted octanol–water partition coefficient (Wildman–Crippen LogP) is 1.68. The van der Waals surface area contributed by atoms with Crippen LogP contribution in [0.3, 0.4) is 0 Å². The Labute approximate surface area is 113 Å². The number of ether oxygens (including phenoxy) is 1. The molecule has 1 amide bonds. The van der Waals surface area contributed by atoms with Gasteiger partial charge in [-0.1, -0.05) is 0 Å². The summed E-state index contributed by atoms with van der Waals surface area (Å²) < 4.78 is 7.34. The van der Waals surface area contributed by atoms with Crippen molar-refractivity contribution in [3.63, 3.8) is 0 Å². The van der Waals surface area contributed by atoms with Gasteiger partial charge in [-0.2, -0.15) is 0 Å². The zero-order valence-corrected chi connectivity index (χ0v) is 11.9. The van der Waals surface area contributed by atoms with Crippen molar-refractivity contribution in [1.82, 2.24) is 20.1 Å². The molecule has 0 atom stereocenters. The molecule has 0 aliphatic carbocycles. The Balaban J connectivity index is 1.80. The molecule has 2 heterocycles. The standard InChI is InChI=1S/C13H22N4O2/c1-13(2,3)19-12(18)14-8-7-11-16-15-10-6-4-5-9-17(10)11/h4-9H2,1-3H3,(H,14,18). The second-order valence-electron chi connectivity index (χ2n) is 5.82. The van der Waals surface area contributed by atoms with Crippen LogP contribution in [-0.4, -0.2) is 33.0 Å². The average molecular weight is 266 g/mol. The third kappa shape index (κ3) is 3.94. The van der Waals surface area contributed by atoms with Crippen molar-refractivity contribution < 1.29 is 9.53 Å². The first-order chi connectivity index (χ1) is 8.96. The minimum Gasteiger partial charge on any atom is -0.444 e. The Morgan fingerprint density at radius 1 is 1.37 bits per heavy atom. The molecule has 0 radical (unpaired) electrons. The number of nitrogens with zero attached hydrogens (tertiary/aromatic N) is 3. The van der Waals surface area contributed by atoms with Gasteiger partial charge in [-0.15, -0.1) is 10.2 Å². The fraction of sp³-hybridized carbons (Fsp3) is 0.769. The molecular weight excluding hydrogens is 244 g/mol. The Morgan fingerprint density at radius 2 is 2.16 bits per heavy atom. The minimum absolute atomic E-state index is 0.383. The summed E-state index contributed by atoms with van der Waals surface area (Å²) in [6.45, 7) is 7.06. The third-order valence-corrected chi connectivity index (χ3v) is 2.95. The number of alkyl carbamates (subject to hydrolysis) is 1. The van der Waals surface area contributed by atoms with E-state index in [1.165, 1.54) is 12.8 Å². The molecule has 0 bridgehead atoms. The monoisotopic (exact) mass is 266 g/mol. The zero-order valence-electron chi connectivity index (χ0n) is 11.9. The number of aromatic nitrogens is 3. The van der Waals surface area contributed by atoms with E-state index in [1.54, 1.807) is 0 Å². The number of rotatable bonds is 3. The summed E-state index contributed by atoms with van der Waals surface area (Å²) in [4.78, 5) is 11.5. The van der Waals surface area contributed by atoms with E-state index in [2.05, 4.69) is 20.1 Å². The van der Waals surface area contributed by atoms with Crippen LogP contribution in [0.1, 0.15) is 45.3 Å². The van der Waals surface area contributed by atoms with E-state index in [1.807, 2.05) is 20.8 Å². The normalized spacial score (nSPS) is 14.9. The van der Waals surface area contributed by atoms with Crippen molar-refractivity contribution in [3.8, 4) is 0 Å². The van der Waals surface area contributed by atoms with E-state index in [0.717, 1.165) is 24.6 Å². The van der Waals surface area contributed by atoms with Crippen molar-refractivity contribution in [2.75, 3.05) is 6.54 Å². The highest BCUT2D eigenvalue weighted by molar-refractivity contribution is 5.67. The summed E-state index contributed by atoms with van der Waals surface area (Å²) in [6.07, 6.45) is 3.68. The molecule has 2 rings (SSSR count). The van der Waals surface area contributed by atoms with E-state index in [9.17, 15) is 4.79 Å². The molecule has 1 aliphatic heterocycles. The van der Waals surface area contributed by atoms with E-state index in [-0.39, 0.29) is 6.09 Å². The van der Waals surface area contributed by atoms with Crippen molar-refractivity contribution in [3.05, 3.63) is 11.6 Å². The highest BCUT2D eigenvalue weighted by Crippen LogP contribution is 2.14. The first kappa shape index (κ1) is 13.8. The number of carbonyl (C=O) groups is 1. The fourth-order valence-corrected chi connectivity index (χ4v) is 2.14. The highest BCUT2D eigenvalue weighted by atomic mass is 16.6. The molecular formula is C13H22N4O2. The topological polar surface area (TPSA) is 69.0 Å². The summed E-state index contributed by atoms with van der Waals surface area (Å²) >= 11 is 0. The Hall–Kier alpha value is -1.59. The van der Waals surface area contributed by atoms with Crippen molar-refractivity contribution in [1.29, 1.82) is 0 Å². The van der Waals surface area contributed by atoms with Gasteiger partial charge < -0.3 is 14.6 Å². The maximum atomic E-state index is 11.5. The van der Waals surface area contributed by atoms with Crippen molar-refractivity contribution >= 4 is 6.09 Å². The fourth-order valence-electron chi connectivity index (χ4n) is 2.14. The molecule has 1 N–H and O–H groups in total. The van der Waals surface area contributed by atoms with Crippen LogP contribution in [0.25, 0.3) is 0 Å². The summed E-state index contributed by atoms with van der Waals surface area (Å²) in [5.41, 5.74) is -0.460. The van der Waals surface area contributed by atoms with Crippen LogP contribution in [0.15, 0.2) is 0 Å². The second-order valence-corrected chi connectivity index (χ2v) is 5.82. The van der Waals surface area contributed by atoms with Crippen LogP contribution >= 0.6 is 0 Å². The zero-order chi connectivity index (χ0) is 13.9. The van der Waals surface area contributed by atoms with Crippen molar-refractivity contribution in [2.24, 2.45) is 0 Å². The molecule has 1 aromatic rings. The van der Waals surface area contributed by atoms with Gasteiger partial charge in [0.05, 0.1) is 0 Å². The molecule has 0 unspecified atom stereocenters. The number of hydrogen-bond donors (Lipinski definition) is 1. The maximum Gasteiger partial charge on any atom is 0.407 e. The first-order valence-electron chi connectivity index (χ1n) is 6.83. The molecule has 0 saturated carbocycles. The lowest BCUT2D eigenvalue weighted by Gasteiger charge is -2.19. The highest BCUT2D eigenvalue weighted by Gasteiger charge is 2.17. The van der Waals surface area contributed by atoms with Crippen LogP contribution in [0, 0.1) is 0 Å². The van der Waals surface area contributed by atoms with E-state index in [4.69, 9.17) is 4.74 Å². The Morgan fingerprint density at radius 3 is 2.89 bits per heavy atom. The van der Waals surface area contributed by atoms with Crippen LogP contribution < -0.4 is 5.32 Å². The summed E-state index contributed by atoms with van der Waals surface area (Å²) in [5, 5.41) is 11.1. The summed E-state index contributed by atoms with van der Waals surface area (Å²) in [6, 6.07) is 0. The van der Waals surface area contributed by atoms with E-state index in [0.29, 0.717) is 13.0 Å². The van der Waals surface area contributed by atoms with Gasteiger partial charge in [0.15, 0.2) is 0 Å². The van der Waals surface area contributed by atoms with Gasteiger partial charge in [-0.05, 0) is 33.6 Å². The van der Waals surface area contributed by atoms with Crippen molar-refractivity contribution in [2.45, 2.75) is 58.6 Å². The van der Waals surface area contributed by atoms with Gasteiger partial charge in [-0.3, -0.25) is 0 Å². The quantitative estimate of drug-likeness (QED) is 0.903. The lowest BCUT2D eigenvalue weighted by Crippen LogP contribution is -2.33. The van der Waals surface area contributed by atoms with Gasteiger partial charge >= 0.3 is 6.09 Å². The Bertz CT molecular complexity index is 448. The number of hydrogen-bond acceptors (Lipinski definition) is 4. The largest absolute Gasteiger partial charge is 0.444 e. The van der Waals surface area contributed by atoms with Crippen LogP contribution in [-0.2, 0) is 24.1 Å². The van der Waals surface area contributed by atoms with Crippen LogP contribution in [0.2, 0.25) is 0 Å². The summed E-state index contributed by atoms with van der Waals surface area (Å²) in [7, 11) is 0. The van der Waals surface area contributed by atoms with Gasteiger partial charge in [0, 0.05) is 25.9 Å². The lowest BCUT2D eigenvalue weighted by atomic mass is 10.1. The molecule has 6 heteroatoms. The summed E-state index contributed by atoms with van der Waals surface area (Å²) in [5.74, 6) is 2.02. The first-order valence-corrected chi connectivity index (χ1v) is 6.83. The average Bonchev–Trinajstić information content (AvgIpc) is 2.70.